The van der Waals surface area contributed by atoms with E-state index in [0.29, 0.717) is 43.3 Å². The monoisotopic (exact) mass is 368 g/mol. The van der Waals surface area contributed by atoms with Gasteiger partial charge in [0.2, 0.25) is 5.95 Å². The fourth-order valence-corrected chi connectivity index (χ4v) is 2.84. The van der Waals surface area contributed by atoms with Crippen molar-refractivity contribution in [3.8, 4) is 0 Å². The summed E-state index contributed by atoms with van der Waals surface area (Å²) in [4.78, 5) is 41.5. The second-order valence-electron chi connectivity index (χ2n) is 6.57. The molecule has 1 aliphatic rings. The Morgan fingerprint density at radius 1 is 1.11 bits per heavy atom. The van der Waals surface area contributed by atoms with E-state index in [0.717, 1.165) is 6.42 Å². The summed E-state index contributed by atoms with van der Waals surface area (Å²) in [5.74, 6) is 0.349. The van der Waals surface area contributed by atoms with Crippen LogP contribution in [0.25, 0.3) is 0 Å². The van der Waals surface area contributed by atoms with Crippen molar-refractivity contribution in [2.24, 2.45) is 0 Å². The molecule has 0 bridgehead atoms. The lowest BCUT2D eigenvalue weighted by Gasteiger charge is -2.34. The molecule has 142 valence electrons. The minimum atomic E-state index is -0.211. The zero-order valence-electron chi connectivity index (χ0n) is 15.6. The first-order valence-corrected chi connectivity index (χ1v) is 9.15. The molecule has 3 heterocycles. The van der Waals surface area contributed by atoms with E-state index in [1.54, 1.807) is 29.4 Å². The summed E-state index contributed by atoms with van der Waals surface area (Å²) in [6, 6.07) is 3.46. The molecule has 1 aliphatic heterocycles. The van der Waals surface area contributed by atoms with Crippen LogP contribution in [0.2, 0.25) is 0 Å². The Morgan fingerprint density at radius 2 is 1.78 bits per heavy atom. The molecule has 1 atom stereocenters. The summed E-state index contributed by atoms with van der Waals surface area (Å²) in [6.07, 6.45) is 7.25. The average Bonchev–Trinajstić information content (AvgIpc) is 2.74. The minimum Gasteiger partial charge on any atom is -0.350 e. The van der Waals surface area contributed by atoms with E-state index in [4.69, 9.17) is 0 Å². The van der Waals surface area contributed by atoms with Gasteiger partial charge in [-0.05, 0) is 25.5 Å². The van der Waals surface area contributed by atoms with Gasteiger partial charge < -0.3 is 15.1 Å². The van der Waals surface area contributed by atoms with Crippen molar-refractivity contribution < 1.29 is 9.59 Å². The topological polar surface area (TPSA) is 91.3 Å². The Labute approximate surface area is 158 Å². The number of rotatable bonds is 5. The predicted octanol–water partition coefficient (Wildman–Crippen LogP) is 1.36. The Balaban J connectivity index is 1.63. The van der Waals surface area contributed by atoms with Gasteiger partial charge in [0, 0.05) is 57.0 Å². The highest BCUT2D eigenvalue weighted by Crippen LogP contribution is 2.13. The van der Waals surface area contributed by atoms with Gasteiger partial charge in [0.1, 0.15) is 0 Å². The Kier molecular flexibility index (Phi) is 5.95. The van der Waals surface area contributed by atoms with Crippen LogP contribution in [-0.2, 0) is 0 Å². The third kappa shape index (κ3) is 4.58. The second-order valence-corrected chi connectivity index (χ2v) is 6.57. The lowest BCUT2D eigenvalue weighted by Crippen LogP contribution is -2.49. The molecular weight excluding hydrogens is 344 g/mol. The zero-order valence-corrected chi connectivity index (χ0v) is 15.6. The number of aromatic nitrogens is 3. The molecule has 1 N–H and O–H groups in total. The number of nitrogens with one attached hydrogen (secondary N) is 1. The summed E-state index contributed by atoms with van der Waals surface area (Å²) in [6.45, 7) is 6.41. The third-order valence-electron chi connectivity index (χ3n) is 4.64. The summed E-state index contributed by atoms with van der Waals surface area (Å²) in [5, 5.41) is 2.89. The Bertz CT molecular complexity index is 790. The Hall–Kier alpha value is -3.03. The van der Waals surface area contributed by atoms with Crippen molar-refractivity contribution in [2.45, 2.75) is 26.3 Å². The number of amides is 2. The van der Waals surface area contributed by atoms with Crippen molar-refractivity contribution >= 4 is 17.8 Å². The van der Waals surface area contributed by atoms with Gasteiger partial charge in [-0.2, -0.15) is 0 Å². The molecule has 1 fully saturated rings. The first kappa shape index (κ1) is 18.8. The van der Waals surface area contributed by atoms with Crippen LogP contribution >= 0.6 is 0 Å². The normalized spacial score (nSPS) is 15.3. The number of carbonyl (C=O) groups excluding carboxylic acids is 2. The molecule has 0 aliphatic carbocycles. The van der Waals surface area contributed by atoms with Crippen LogP contribution in [-0.4, -0.2) is 63.9 Å². The van der Waals surface area contributed by atoms with Crippen LogP contribution in [0.15, 0.2) is 36.9 Å². The smallest absolute Gasteiger partial charge is 0.255 e. The van der Waals surface area contributed by atoms with E-state index in [1.165, 1.54) is 12.4 Å². The molecule has 2 aromatic rings. The first-order valence-electron chi connectivity index (χ1n) is 9.15. The number of hydrogen-bond acceptors (Lipinski definition) is 6. The van der Waals surface area contributed by atoms with Crippen molar-refractivity contribution in [3.05, 3.63) is 48.0 Å². The van der Waals surface area contributed by atoms with Gasteiger partial charge in [0.05, 0.1) is 11.1 Å². The van der Waals surface area contributed by atoms with Gasteiger partial charge in [0.15, 0.2) is 0 Å². The lowest BCUT2D eigenvalue weighted by molar-refractivity contribution is 0.0746. The molecule has 0 saturated carbocycles. The maximum atomic E-state index is 12.8. The Morgan fingerprint density at radius 3 is 2.44 bits per heavy atom. The fourth-order valence-electron chi connectivity index (χ4n) is 2.84. The molecule has 3 rings (SSSR count). The molecule has 0 spiro atoms. The third-order valence-corrected chi connectivity index (χ3v) is 4.64. The predicted molar refractivity (Wildman–Crippen MR) is 102 cm³/mol. The standard InChI is InChI=1S/C19H24N6O2/c1-3-14(2)23-17(26)15-11-16(13-20-12-15)18(27)24-7-9-25(10-8-24)19-21-5-4-6-22-19/h4-6,11-14H,3,7-10H2,1-2H3,(H,23,26). The van der Waals surface area contributed by atoms with Crippen LogP contribution in [0.3, 0.4) is 0 Å². The molecule has 8 nitrogen and oxygen atoms in total. The van der Waals surface area contributed by atoms with Crippen LogP contribution < -0.4 is 10.2 Å². The van der Waals surface area contributed by atoms with E-state index < -0.39 is 0 Å². The number of carbonyl (C=O) groups is 2. The lowest BCUT2D eigenvalue weighted by atomic mass is 10.1. The van der Waals surface area contributed by atoms with Gasteiger partial charge in [-0.1, -0.05) is 6.92 Å². The molecule has 1 unspecified atom stereocenters. The number of anilines is 1. The van der Waals surface area contributed by atoms with Crippen molar-refractivity contribution in [1.82, 2.24) is 25.2 Å². The largest absolute Gasteiger partial charge is 0.350 e. The zero-order chi connectivity index (χ0) is 19.2. The van der Waals surface area contributed by atoms with Crippen LogP contribution in [0, 0.1) is 0 Å². The summed E-state index contributed by atoms with van der Waals surface area (Å²) in [7, 11) is 0. The summed E-state index contributed by atoms with van der Waals surface area (Å²) < 4.78 is 0. The summed E-state index contributed by atoms with van der Waals surface area (Å²) >= 11 is 0. The van der Waals surface area contributed by atoms with Crippen molar-refractivity contribution in [3.63, 3.8) is 0 Å². The molecule has 2 amide bonds. The van der Waals surface area contributed by atoms with E-state index in [-0.39, 0.29) is 17.9 Å². The molecule has 0 aromatic carbocycles. The van der Waals surface area contributed by atoms with Gasteiger partial charge in [-0.3, -0.25) is 14.6 Å². The van der Waals surface area contributed by atoms with Crippen molar-refractivity contribution in [1.29, 1.82) is 0 Å². The van der Waals surface area contributed by atoms with Crippen LogP contribution in [0.5, 0.6) is 0 Å². The highest BCUT2D eigenvalue weighted by Gasteiger charge is 2.24. The number of piperazine rings is 1. The number of hydrogen-bond donors (Lipinski definition) is 1. The SMILES string of the molecule is CCC(C)NC(=O)c1cncc(C(=O)N2CCN(c3ncccn3)CC2)c1. The highest BCUT2D eigenvalue weighted by molar-refractivity contribution is 5.99. The van der Waals surface area contributed by atoms with Crippen LogP contribution in [0.1, 0.15) is 41.0 Å². The molecule has 8 heteroatoms. The maximum Gasteiger partial charge on any atom is 0.255 e. The highest BCUT2D eigenvalue weighted by atomic mass is 16.2. The molecule has 2 aromatic heterocycles. The van der Waals surface area contributed by atoms with E-state index >= 15 is 0 Å². The van der Waals surface area contributed by atoms with Gasteiger partial charge in [-0.25, -0.2) is 9.97 Å². The number of pyridine rings is 1. The first-order chi connectivity index (χ1) is 13.1. The van der Waals surface area contributed by atoms with Gasteiger partial charge in [-0.15, -0.1) is 0 Å². The van der Waals surface area contributed by atoms with Gasteiger partial charge in [0.25, 0.3) is 11.8 Å². The molecular formula is C19H24N6O2. The van der Waals surface area contributed by atoms with Crippen LogP contribution in [0.4, 0.5) is 5.95 Å². The molecule has 1 saturated heterocycles. The molecule has 27 heavy (non-hydrogen) atoms. The van der Waals surface area contributed by atoms with E-state index in [2.05, 4.69) is 25.2 Å². The summed E-state index contributed by atoms with van der Waals surface area (Å²) in [5.41, 5.74) is 0.827. The number of nitrogens with zero attached hydrogens (tertiary/aromatic N) is 5. The average molecular weight is 368 g/mol. The maximum absolute atomic E-state index is 12.8. The van der Waals surface area contributed by atoms with Crippen molar-refractivity contribution in [2.75, 3.05) is 31.1 Å². The quantitative estimate of drug-likeness (QED) is 0.857. The van der Waals surface area contributed by atoms with Gasteiger partial charge >= 0.3 is 0 Å². The van der Waals surface area contributed by atoms with E-state index in [9.17, 15) is 9.59 Å². The fraction of sp³-hybridized carbons (Fsp3) is 0.421. The molecule has 0 radical (unpaired) electrons. The second kappa shape index (κ2) is 8.57. The van der Waals surface area contributed by atoms with E-state index in [1.807, 2.05) is 13.8 Å². The minimum absolute atomic E-state index is 0.0742.